The number of H-pyrrole nitrogens is 1. The van der Waals surface area contributed by atoms with E-state index >= 15 is 0 Å². The molecule has 2 unspecified atom stereocenters. The molecule has 32 heavy (non-hydrogen) atoms. The molecular weight excluding hydrogens is 510 g/mol. The first-order valence-electron chi connectivity index (χ1n) is 8.07. The highest BCUT2D eigenvalue weighted by atomic mass is 31.3. The number of halogens is 1. The minimum Gasteiger partial charge on any atom is -0.387 e. The van der Waals surface area contributed by atoms with Gasteiger partial charge in [-0.25, -0.2) is 23.1 Å². The molecule has 180 valence electrons. The first-order chi connectivity index (χ1) is 14.6. The monoisotopic (exact) mass is 525 g/mol. The first kappa shape index (κ1) is 25.0. The molecule has 3 rings (SSSR count). The van der Waals surface area contributed by atoms with Gasteiger partial charge in [-0.15, -0.1) is 0 Å². The fourth-order valence-electron chi connectivity index (χ4n) is 2.67. The highest BCUT2D eigenvalue weighted by molar-refractivity contribution is 7.66. The Balaban J connectivity index is 1.72. The molecule has 3 heterocycles. The SMILES string of the molecule is Nc1nc2c(ncn2[C@@H]2O[C@H](COP(=O)(O)OP(=O)(O)OP(=O)(O)O)[C@@H](O)[C@@H]2F)c(=O)[nH]1. The van der Waals surface area contributed by atoms with Gasteiger partial charge in [0, 0.05) is 0 Å². The smallest absolute Gasteiger partial charge is 0.387 e. The van der Waals surface area contributed by atoms with E-state index in [1.165, 1.54) is 0 Å². The summed E-state index contributed by atoms with van der Waals surface area (Å²) in [7, 11) is -16.9. The maximum absolute atomic E-state index is 14.6. The Kier molecular flexibility index (Phi) is 6.76. The van der Waals surface area contributed by atoms with E-state index in [-0.39, 0.29) is 17.1 Å². The number of aromatic nitrogens is 4. The summed E-state index contributed by atoms with van der Waals surface area (Å²) in [6.45, 7) is -1.09. The number of hydrogen-bond acceptors (Lipinski definition) is 12. The van der Waals surface area contributed by atoms with Crippen LogP contribution in [0.15, 0.2) is 11.1 Å². The van der Waals surface area contributed by atoms with Crippen LogP contribution in [0.3, 0.4) is 0 Å². The molecule has 6 atom stereocenters. The lowest BCUT2D eigenvalue weighted by atomic mass is 10.1. The molecule has 2 aromatic rings. The highest BCUT2D eigenvalue weighted by Gasteiger charge is 2.48. The topological polar surface area (TPSA) is 279 Å². The fraction of sp³-hybridized carbons (Fsp3) is 0.500. The maximum atomic E-state index is 14.6. The van der Waals surface area contributed by atoms with Gasteiger partial charge in [0.25, 0.3) is 5.56 Å². The van der Waals surface area contributed by atoms with Crippen molar-refractivity contribution in [3.8, 4) is 0 Å². The molecule has 0 aliphatic carbocycles. The van der Waals surface area contributed by atoms with Crippen molar-refractivity contribution < 1.29 is 60.6 Å². The van der Waals surface area contributed by atoms with E-state index in [1.54, 1.807) is 0 Å². The van der Waals surface area contributed by atoms with E-state index in [0.29, 0.717) is 0 Å². The van der Waals surface area contributed by atoms with Crippen LogP contribution in [0.1, 0.15) is 6.23 Å². The minimum absolute atomic E-state index is 0.195. The molecule has 1 aliphatic rings. The van der Waals surface area contributed by atoms with Gasteiger partial charge in [-0.3, -0.25) is 18.9 Å². The molecule has 0 radical (unpaired) electrons. The third-order valence-corrected chi connectivity index (χ3v) is 7.64. The molecule has 0 spiro atoms. The Morgan fingerprint density at radius 1 is 1.22 bits per heavy atom. The number of ether oxygens (including phenoxy) is 1. The summed E-state index contributed by atoms with van der Waals surface area (Å²) in [4.78, 5) is 57.0. The second-order valence-corrected chi connectivity index (χ2v) is 10.6. The van der Waals surface area contributed by atoms with Gasteiger partial charge in [-0.1, -0.05) is 0 Å². The van der Waals surface area contributed by atoms with Gasteiger partial charge in [0.1, 0.15) is 12.2 Å². The van der Waals surface area contributed by atoms with Crippen LogP contribution in [0.4, 0.5) is 10.3 Å². The number of anilines is 1. The van der Waals surface area contributed by atoms with Crippen LogP contribution in [0.25, 0.3) is 11.2 Å². The van der Waals surface area contributed by atoms with Crippen molar-refractivity contribution in [1.82, 2.24) is 19.5 Å². The number of phosphoric acid groups is 3. The quantitative estimate of drug-likeness (QED) is 0.196. The molecule has 18 nitrogen and oxygen atoms in total. The average molecular weight is 525 g/mol. The molecule has 0 bridgehead atoms. The third-order valence-electron chi connectivity index (χ3n) is 3.84. The van der Waals surface area contributed by atoms with Crippen molar-refractivity contribution in [2.75, 3.05) is 12.3 Å². The zero-order chi connectivity index (χ0) is 24.1. The number of aliphatic hydroxyl groups is 1. The standard InChI is InChI=1S/C10H15FN5O13P3/c11-4-6(17)3(1-26-31(22,23)29-32(24,25)28-30(19,20)21)27-9(4)16-2-13-5-7(16)14-10(12)15-8(5)18/h2-4,6,9,17H,1H2,(H,22,23)(H,24,25)(H2,19,20,21)(H3,12,14,15,18)/t3-,4+,6-,9-/m1/s1. The predicted octanol–water partition coefficient (Wildman–Crippen LogP) is -1.36. The van der Waals surface area contributed by atoms with Crippen LogP contribution in [0, 0.1) is 0 Å². The maximum Gasteiger partial charge on any atom is 0.490 e. The number of aliphatic hydroxyl groups excluding tert-OH is 1. The van der Waals surface area contributed by atoms with Crippen LogP contribution in [-0.4, -0.2) is 69.2 Å². The van der Waals surface area contributed by atoms with E-state index in [1.807, 2.05) is 0 Å². The molecule has 0 saturated carbocycles. The van der Waals surface area contributed by atoms with Crippen molar-refractivity contribution in [3.05, 3.63) is 16.7 Å². The van der Waals surface area contributed by atoms with Gasteiger partial charge in [0.05, 0.1) is 12.9 Å². The van der Waals surface area contributed by atoms with E-state index in [2.05, 4.69) is 28.1 Å². The zero-order valence-corrected chi connectivity index (χ0v) is 17.9. The molecule has 1 aliphatic heterocycles. The summed E-state index contributed by atoms with van der Waals surface area (Å²) >= 11 is 0. The number of nitrogens with zero attached hydrogens (tertiary/aromatic N) is 3. The third kappa shape index (κ3) is 5.66. The van der Waals surface area contributed by atoms with E-state index in [4.69, 9.17) is 25.2 Å². The van der Waals surface area contributed by atoms with Gasteiger partial charge in [0.15, 0.2) is 23.6 Å². The molecule has 0 aromatic carbocycles. The van der Waals surface area contributed by atoms with E-state index in [9.17, 15) is 32.9 Å². The van der Waals surface area contributed by atoms with Crippen LogP contribution in [-0.2, 0) is 31.6 Å². The van der Waals surface area contributed by atoms with Crippen molar-refractivity contribution >= 4 is 40.6 Å². The minimum atomic E-state index is -5.76. The molecular formula is C10H15FN5O13P3. The summed E-state index contributed by atoms with van der Waals surface area (Å²) in [5, 5.41) is 10.0. The van der Waals surface area contributed by atoms with Crippen LogP contribution >= 0.6 is 23.5 Å². The van der Waals surface area contributed by atoms with E-state index in [0.717, 1.165) is 10.9 Å². The number of imidazole rings is 1. The second-order valence-electron chi connectivity index (χ2n) is 6.16. The molecule has 2 aromatic heterocycles. The molecule has 22 heteroatoms. The molecule has 1 fully saturated rings. The summed E-state index contributed by atoms with van der Waals surface area (Å²) in [5.41, 5.74) is 4.29. The van der Waals surface area contributed by atoms with Crippen molar-refractivity contribution in [2.24, 2.45) is 0 Å². The Morgan fingerprint density at radius 2 is 1.88 bits per heavy atom. The van der Waals surface area contributed by atoms with Gasteiger partial charge in [-0.05, 0) is 0 Å². The molecule has 0 amide bonds. The zero-order valence-electron chi connectivity index (χ0n) is 15.2. The Hall–Kier alpha value is -1.59. The van der Waals surface area contributed by atoms with Crippen molar-refractivity contribution in [3.63, 3.8) is 0 Å². The number of fused-ring (bicyclic) bond motifs is 1. The first-order valence-corrected chi connectivity index (χ1v) is 12.6. The number of hydrogen-bond donors (Lipinski definition) is 7. The predicted molar refractivity (Wildman–Crippen MR) is 97.2 cm³/mol. The van der Waals surface area contributed by atoms with Crippen LogP contribution < -0.4 is 11.3 Å². The molecule has 1 saturated heterocycles. The van der Waals surface area contributed by atoms with Gasteiger partial charge >= 0.3 is 23.5 Å². The number of phosphoric ester groups is 1. The van der Waals surface area contributed by atoms with E-state index < -0.39 is 60.2 Å². The lowest BCUT2D eigenvalue weighted by molar-refractivity contribution is -0.0450. The second kappa shape index (κ2) is 8.64. The number of nitrogen functional groups attached to an aromatic ring is 1. The number of nitrogens with two attached hydrogens (primary N) is 1. The van der Waals surface area contributed by atoms with Crippen molar-refractivity contribution in [2.45, 2.75) is 24.6 Å². The van der Waals surface area contributed by atoms with Crippen LogP contribution in [0.2, 0.25) is 0 Å². The number of alkyl halides is 1. The van der Waals surface area contributed by atoms with Gasteiger partial charge in [-0.2, -0.15) is 13.6 Å². The highest BCUT2D eigenvalue weighted by Crippen LogP contribution is 2.66. The lowest BCUT2D eigenvalue weighted by Crippen LogP contribution is -2.31. The fourth-order valence-corrected chi connectivity index (χ4v) is 5.70. The lowest BCUT2D eigenvalue weighted by Gasteiger charge is -2.19. The van der Waals surface area contributed by atoms with Gasteiger partial charge < -0.3 is 35.2 Å². The summed E-state index contributed by atoms with van der Waals surface area (Å²) in [6.07, 6.45) is -6.48. The van der Waals surface area contributed by atoms with Crippen LogP contribution in [0.5, 0.6) is 0 Å². The molecule has 8 N–H and O–H groups in total. The summed E-state index contributed by atoms with van der Waals surface area (Å²) < 4.78 is 65.8. The number of nitrogens with one attached hydrogen (secondary N) is 1. The Labute approximate surface area is 175 Å². The summed E-state index contributed by atoms with van der Waals surface area (Å²) in [5.74, 6) is -0.317. The normalized spacial score (nSPS) is 27.9. The summed E-state index contributed by atoms with van der Waals surface area (Å²) in [6, 6.07) is 0. The average Bonchev–Trinajstić information content (AvgIpc) is 3.12. The number of aromatic amines is 1. The largest absolute Gasteiger partial charge is 0.490 e. The Bertz CT molecular complexity index is 1210. The number of rotatable bonds is 8. The van der Waals surface area contributed by atoms with Crippen molar-refractivity contribution in [1.29, 1.82) is 0 Å². The van der Waals surface area contributed by atoms with Gasteiger partial charge in [0.2, 0.25) is 5.95 Å². The Morgan fingerprint density at radius 3 is 2.50 bits per heavy atom.